The van der Waals surface area contributed by atoms with Gasteiger partial charge in [0.25, 0.3) is 0 Å². The maximum atomic E-state index is 12.5. The van der Waals surface area contributed by atoms with E-state index >= 15 is 0 Å². The van der Waals surface area contributed by atoms with E-state index in [1.807, 2.05) is 25.7 Å². The van der Waals surface area contributed by atoms with Gasteiger partial charge in [-0.1, -0.05) is 12.8 Å². The van der Waals surface area contributed by atoms with Crippen molar-refractivity contribution >= 4 is 6.09 Å². The van der Waals surface area contributed by atoms with E-state index in [1.165, 1.54) is 12.8 Å². The first kappa shape index (κ1) is 14.6. The van der Waals surface area contributed by atoms with Gasteiger partial charge in [-0.05, 0) is 52.9 Å². The molecule has 0 heterocycles. The summed E-state index contributed by atoms with van der Waals surface area (Å²) in [7, 11) is 0. The summed E-state index contributed by atoms with van der Waals surface area (Å²) in [5, 5.41) is 9.73. The second-order valence-electron chi connectivity index (χ2n) is 6.95. The molecule has 2 rings (SSSR count). The highest BCUT2D eigenvalue weighted by Gasteiger charge is 2.38. The van der Waals surface area contributed by atoms with E-state index in [-0.39, 0.29) is 18.2 Å². The van der Waals surface area contributed by atoms with Crippen LogP contribution in [0, 0.1) is 0 Å². The van der Waals surface area contributed by atoms with Crippen LogP contribution in [-0.2, 0) is 4.74 Å². The smallest absolute Gasteiger partial charge is 0.410 e. The van der Waals surface area contributed by atoms with Crippen LogP contribution in [0.2, 0.25) is 0 Å². The summed E-state index contributed by atoms with van der Waals surface area (Å²) >= 11 is 0. The molecule has 2 unspecified atom stereocenters. The van der Waals surface area contributed by atoms with E-state index in [4.69, 9.17) is 4.74 Å². The second kappa shape index (κ2) is 5.70. The van der Waals surface area contributed by atoms with Crippen LogP contribution in [0.3, 0.4) is 0 Å². The number of ether oxygens (including phenoxy) is 1. The van der Waals surface area contributed by atoms with Crippen molar-refractivity contribution in [2.75, 3.05) is 0 Å². The lowest BCUT2D eigenvalue weighted by Crippen LogP contribution is -2.47. The first-order chi connectivity index (χ1) is 8.87. The van der Waals surface area contributed by atoms with Crippen molar-refractivity contribution in [3.05, 3.63) is 0 Å². The van der Waals surface area contributed by atoms with Crippen molar-refractivity contribution in [2.24, 2.45) is 0 Å². The highest BCUT2D eigenvalue weighted by Crippen LogP contribution is 2.32. The highest BCUT2D eigenvalue weighted by molar-refractivity contribution is 5.69. The van der Waals surface area contributed by atoms with Crippen LogP contribution in [-0.4, -0.2) is 39.9 Å². The van der Waals surface area contributed by atoms with E-state index in [2.05, 4.69) is 0 Å². The van der Waals surface area contributed by atoms with Gasteiger partial charge in [-0.2, -0.15) is 0 Å². The topological polar surface area (TPSA) is 49.8 Å². The second-order valence-corrected chi connectivity index (χ2v) is 6.95. The Hall–Kier alpha value is -0.770. The fraction of sp³-hybridized carbons (Fsp3) is 0.933. The molecule has 0 aromatic carbocycles. The molecule has 2 fully saturated rings. The van der Waals surface area contributed by atoms with Crippen LogP contribution in [0.4, 0.5) is 4.79 Å². The Morgan fingerprint density at radius 3 is 2.21 bits per heavy atom. The van der Waals surface area contributed by atoms with Gasteiger partial charge < -0.3 is 14.7 Å². The zero-order valence-electron chi connectivity index (χ0n) is 12.4. The summed E-state index contributed by atoms with van der Waals surface area (Å²) in [5.41, 5.74) is -0.453. The Morgan fingerprint density at radius 1 is 1.11 bits per heavy atom. The predicted molar refractivity (Wildman–Crippen MR) is 74.0 cm³/mol. The van der Waals surface area contributed by atoms with Crippen LogP contribution >= 0.6 is 0 Å². The minimum Gasteiger partial charge on any atom is -0.444 e. The molecular formula is C15H27NO3. The molecule has 0 radical (unpaired) electrons. The van der Waals surface area contributed by atoms with Gasteiger partial charge in [0, 0.05) is 12.1 Å². The van der Waals surface area contributed by atoms with Crippen molar-refractivity contribution in [2.45, 2.75) is 89.5 Å². The third-order valence-corrected chi connectivity index (χ3v) is 4.09. The lowest BCUT2D eigenvalue weighted by atomic mass is 10.1. The predicted octanol–water partition coefficient (Wildman–Crippen LogP) is 3.08. The average molecular weight is 269 g/mol. The van der Waals surface area contributed by atoms with E-state index < -0.39 is 5.60 Å². The molecule has 2 aliphatic carbocycles. The molecule has 4 nitrogen and oxygen atoms in total. The first-order valence-electron chi connectivity index (χ1n) is 7.56. The standard InChI is InChI=1S/C15H27NO3/c1-15(2,3)19-14(18)16(11-6-4-5-7-11)12-8-9-13(17)10-12/h11-13,17H,4-10H2,1-3H3. The van der Waals surface area contributed by atoms with Crippen LogP contribution in [0.15, 0.2) is 0 Å². The Kier molecular flexibility index (Phi) is 4.39. The number of nitrogens with zero attached hydrogens (tertiary/aromatic N) is 1. The maximum Gasteiger partial charge on any atom is 0.410 e. The van der Waals surface area contributed by atoms with Gasteiger partial charge in [0.1, 0.15) is 5.60 Å². The van der Waals surface area contributed by atoms with Gasteiger partial charge >= 0.3 is 6.09 Å². The zero-order valence-corrected chi connectivity index (χ0v) is 12.4. The molecule has 2 saturated carbocycles. The molecule has 2 atom stereocenters. The maximum absolute atomic E-state index is 12.5. The molecule has 0 bridgehead atoms. The van der Waals surface area contributed by atoms with E-state index in [0.29, 0.717) is 12.5 Å². The monoisotopic (exact) mass is 269 g/mol. The lowest BCUT2D eigenvalue weighted by Gasteiger charge is -2.36. The quantitative estimate of drug-likeness (QED) is 0.838. The van der Waals surface area contributed by atoms with Gasteiger partial charge in [0.05, 0.1) is 6.10 Å². The third kappa shape index (κ3) is 3.85. The van der Waals surface area contributed by atoms with Gasteiger partial charge in [-0.25, -0.2) is 4.79 Å². The molecule has 2 aliphatic rings. The molecule has 0 spiro atoms. The first-order valence-corrected chi connectivity index (χ1v) is 7.56. The van der Waals surface area contributed by atoms with E-state index in [9.17, 15) is 9.90 Å². The molecule has 0 aromatic heterocycles. The molecule has 0 aliphatic heterocycles. The summed E-state index contributed by atoms with van der Waals surface area (Å²) in [6, 6.07) is 0.470. The number of carbonyl (C=O) groups excluding carboxylic acids is 1. The Balaban J connectivity index is 2.07. The summed E-state index contributed by atoms with van der Waals surface area (Å²) in [5.74, 6) is 0. The molecule has 4 heteroatoms. The minimum atomic E-state index is -0.453. The number of aliphatic hydroxyl groups excluding tert-OH is 1. The van der Waals surface area contributed by atoms with Crippen molar-refractivity contribution < 1.29 is 14.6 Å². The van der Waals surface area contributed by atoms with Gasteiger partial charge in [0.2, 0.25) is 0 Å². The van der Waals surface area contributed by atoms with Crippen molar-refractivity contribution in [1.29, 1.82) is 0 Å². The normalized spacial score (nSPS) is 28.6. The fourth-order valence-electron chi connectivity index (χ4n) is 3.28. The van der Waals surface area contributed by atoms with Crippen molar-refractivity contribution in [3.8, 4) is 0 Å². The van der Waals surface area contributed by atoms with Crippen LogP contribution in [0.1, 0.15) is 65.7 Å². The number of rotatable bonds is 2. The van der Waals surface area contributed by atoms with Crippen LogP contribution in [0.25, 0.3) is 0 Å². The molecular weight excluding hydrogens is 242 g/mol. The number of hydrogen-bond acceptors (Lipinski definition) is 3. The van der Waals surface area contributed by atoms with E-state index in [0.717, 1.165) is 25.7 Å². The van der Waals surface area contributed by atoms with E-state index in [1.54, 1.807) is 0 Å². The number of amides is 1. The van der Waals surface area contributed by atoms with Crippen LogP contribution in [0.5, 0.6) is 0 Å². The zero-order chi connectivity index (χ0) is 14.0. The summed E-state index contributed by atoms with van der Waals surface area (Å²) in [6.45, 7) is 5.71. The van der Waals surface area contributed by atoms with Gasteiger partial charge in [-0.15, -0.1) is 0 Å². The summed E-state index contributed by atoms with van der Waals surface area (Å²) in [6.07, 6.45) is 6.49. The van der Waals surface area contributed by atoms with Gasteiger partial charge in [-0.3, -0.25) is 0 Å². The average Bonchev–Trinajstić information content (AvgIpc) is 2.88. The Labute approximate surface area is 116 Å². The fourth-order valence-corrected chi connectivity index (χ4v) is 3.28. The molecule has 19 heavy (non-hydrogen) atoms. The molecule has 1 amide bonds. The summed E-state index contributed by atoms with van der Waals surface area (Å²) in [4.78, 5) is 14.4. The lowest BCUT2D eigenvalue weighted by molar-refractivity contribution is 0.00468. The third-order valence-electron chi connectivity index (χ3n) is 4.09. The Morgan fingerprint density at radius 2 is 1.74 bits per heavy atom. The molecule has 0 aromatic rings. The minimum absolute atomic E-state index is 0.160. The molecule has 110 valence electrons. The number of hydrogen-bond donors (Lipinski definition) is 1. The largest absolute Gasteiger partial charge is 0.444 e. The molecule has 1 N–H and O–H groups in total. The Bertz CT molecular complexity index is 318. The van der Waals surface area contributed by atoms with Crippen molar-refractivity contribution in [3.63, 3.8) is 0 Å². The highest BCUT2D eigenvalue weighted by atomic mass is 16.6. The number of carbonyl (C=O) groups is 1. The molecule has 0 saturated heterocycles. The van der Waals surface area contributed by atoms with Crippen LogP contribution < -0.4 is 0 Å². The number of aliphatic hydroxyl groups is 1. The van der Waals surface area contributed by atoms with Gasteiger partial charge in [0.15, 0.2) is 0 Å². The summed E-state index contributed by atoms with van der Waals surface area (Å²) < 4.78 is 5.57. The SMILES string of the molecule is CC(C)(C)OC(=O)N(C1CCCC1)C1CCC(O)C1. The van der Waals surface area contributed by atoms with Crippen molar-refractivity contribution in [1.82, 2.24) is 4.90 Å².